The van der Waals surface area contributed by atoms with E-state index in [1.165, 1.54) is 109 Å². The number of hydrogen-bond acceptors (Lipinski definition) is 8. The van der Waals surface area contributed by atoms with Gasteiger partial charge in [-0.2, -0.15) is 0 Å². The molecule has 0 aromatic rings. The number of allylic oxidation sites excluding steroid dienone is 20. The summed E-state index contributed by atoms with van der Waals surface area (Å²) in [6, 6.07) is 0. The highest BCUT2D eigenvalue weighted by Gasteiger charge is 2.26. The summed E-state index contributed by atoms with van der Waals surface area (Å²) in [5.41, 5.74) is 5.39. The van der Waals surface area contributed by atoms with Crippen molar-refractivity contribution in [2.24, 2.45) is 5.73 Å². The van der Waals surface area contributed by atoms with Crippen LogP contribution in [0.4, 0.5) is 0 Å². The van der Waals surface area contributed by atoms with Gasteiger partial charge in [-0.15, -0.1) is 0 Å². The monoisotopic (exact) mass is 1090 g/mol. The van der Waals surface area contributed by atoms with E-state index in [4.69, 9.17) is 24.3 Å². The highest BCUT2D eigenvalue weighted by molar-refractivity contribution is 7.47. The van der Waals surface area contributed by atoms with Gasteiger partial charge in [0.1, 0.15) is 6.61 Å². The minimum Gasteiger partial charge on any atom is -0.462 e. The smallest absolute Gasteiger partial charge is 0.462 e. The van der Waals surface area contributed by atoms with Crippen LogP contribution in [0.1, 0.15) is 258 Å². The molecule has 0 amide bonds. The molecule has 0 aliphatic carbocycles. The molecule has 0 aliphatic rings. The maximum absolute atomic E-state index is 12.7. The van der Waals surface area contributed by atoms with Gasteiger partial charge in [0.05, 0.1) is 13.2 Å². The number of phosphoric ester groups is 1. The van der Waals surface area contributed by atoms with Crippen LogP contribution >= 0.6 is 7.82 Å². The summed E-state index contributed by atoms with van der Waals surface area (Å²) in [7, 11) is -4.40. The molecule has 0 aliphatic heterocycles. The van der Waals surface area contributed by atoms with Crippen molar-refractivity contribution in [3.05, 3.63) is 122 Å². The quantitative estimate of drug-likeness (QED) is 0.0264. The Kier molecular flexibility index (Phi) is 58.7. The largest absolute Gasteiger partial charge is 0.472 e. The van der Waals surface area contributed by atoms with E-state index in [2.05, 4.69) is 135 Å². The summed E-state index contributed by atoms with van der Waals surface area (Å²) < 4.78 is 33.1. The fraction of sp³-hybridized carbons (Fsp3) is 0.672. The molecule has 3 N–H and O–H groups in total. The van der Waals surface area contributed by atoms with Gasteiger partial charge in [-0.25, -0.2) is 4.57 Å². The van der Waals surface area contributed by atoms with Crippen molar-refractivity contribution in [2.45, 2.75) is 264 Å². The van der Waals surface area contributed by atoms with E-state index in [-0.39, 0.29) is 38.6 Å². The van der Waals surface area contributed by atoms with Crippen molar-refractivity contribution < 1.29 is 37.6 Å². The Hall–Kier alpha value is -3.59. The molecule has 0 fully saturated rings. The summed E-state index contributed by atoms with van der Waals surface area (Å²) in [4.78, 5) is 35.3. The first kappa shape index (κ1) is 73.4. The first-order chi connectivity index (χ1) is 37.8. The Balaban J connectivity index is 3.96. The number of rotatable bonds is 57. The predicted molar refractivity (Wildman–Crippen MR) is 330 cm³/mol. The van der Waals surface area contributed by atoms with Gasteiger partial charge >= 0.3 is 19.8 Å². The zero-order valence-electron chi connectivity index (χ0n) is 49.2. The van der Waals surface area contributed by atoms with Gasteiger partial charge in [0.2, 0.25) is 0 Å². The Morgan fingerprint density at radius 3 is 1.00 bits per heavy atom. The standard InChI is InChI=1S/C67H114NO8P/c1-3-5-7-9-11-13-15-17-19-21-23-25-27-29-30-31-32-33-34-36-38-40-42-44-46-48-50-52-54-56-58-60-67(70)76-65(64-75-77(71,72)74-62-61-68)63-73-66(69)59-57-55-53-51-49-47-45-43-41-39-37-35-28-26-24-22-20-18-16-14-12-10-8-6-4-2/h5-8,11-14,17-20,23-26,29-30,35,37,65H,3-4,9-10,15-16,21-22,27-28,31-34,36,38-64,68H2,1-2H3,(H,71,72)/b7-5-,8-6-,13-11-,14-12-,19-17-,20-18-,25-23-,26-24-,30-29-,37-35-. The first-order valence-corrected chi connectivity index (χ1v) is 32.5. The number of esters is 2. The van der Waals surface area contributed by atoms with Gasteiger partial charge < -0.3 is 20.1 Å². The van der Waals surface area contributed by atoms with Crippen molar-refractivity contribution in [3.63, 3.8) is 0 Å². The van der Waals surface area contributed by atoms with Gasteiger partial charge in [-0.3, -0.25) is 18.6 Å². The zero-order chi connectivity index (χ0) is 55.9. The Morgan fingerprint density at radius 1 is 0.390 bits per heavy atom. The molecule has 77 heavy (non-hydrogen) atoms. The van der Waals surface area contributed by atoms with Crippen LogP contribution < -0.4 is 5.73 Å². The average molecular weight is 1090 g/mol. The van der Waals surface area contributed by atoms with E-state index in [9.17, 15) is 19.0 Å². The third-order valence-electron chi connectivity index (χ3n) is 12.8. The number of hydrogen-bond donors (Lipinski definition) is 2. The maximum Gasteiger partial charge on any atom is 0.472 e. The molecule has 9 nitrogen and oxygen atoms in total. The molecule has 0 heterocycles. The van der Waals surface area contributed by atoms with Crippen LogP contribution in [0.15, 0.2) is 122 Å². The van der Waals surface area contributed by atoms with Crippen LogP contribution in [0.5, 0.6) is 0 Å². The van der Waals surface area contributed by atoms with E-state index >= 15 is 0 Å². The molecular weight excluding hydrogens is 978 g/mol. The van der Waals surface area contributed by atoms with Gasteiger partial charge in [-0.05, 0) is 103 Å². The lowest BCUT2D eigenvalue weighted by Gasteiger charge is -2.19. The summed E-state index contributed by atoms with van der Waals surface area (Å²) in [5.74, 6) is -0.836. The highest BCUT2D eigenvalue weighted by Crippen LogP contribution is 2.43. The minimum absolute atomic E-state index is 0.0475. The fourth-order valence-corrected chi connectivity index (χ4v) is 9.10. The van der Waals surface area contributed by atoms with Crippen LogP contribution in [-0.4, -0.2) is 49.3 Å². The highest BCUT2D eigenvalue weighted by atomic mass is 31.2. The van der Waals surface area contributed by atoms with E-state index in [0.29, 0.717) is 6.42 Å². The molecule has 440 valence electrons. The lowest BCUT2D eigenvalue weighted by atomic mass is 10.0. The van der Waals surface area contributed by atoms with Gasteiger partial charge in [0, 0.05) is 19.4 Å². The predicted octanol–water partition coefficient (Wildman–Crippen LogP) is 20.0. The number of unbranched alkanes of at least 4 members (excludes halogenated alkanes) is 24. The second-order valence-corrected chi connectivity index (χ2v) is 21.6. The molecule has 10 heteroatoms. The molecule has 2 atom stereocenters. The van der Waals surface area contributed by atoms with Crippen molar-refractivity contribution in [3.8, 4) is 0 Å². The number of carbonyl (C=O) groups is 2. The molecule has 0 aromatic heterocycles. The lowest BCUT2D eigenvalue weighted by Crippen LogP contribution is -2.29. The summed E-state index contributed by atoms with van der Waals surface area (Å²) in [5, 5.41) is 0. The van der Waals surface area contributed by atoms with Crippen molar-refractivity contribution in [2.75, 3.05) is 26.4 Å². The molecule has 0 rings (SSSR count). The lowest BCUT2D eigenvalue weighted by molar-refractivity contribution is -0.161. The molecular formula is C67H114NO8P. The summed E-state index contributed by atoms with van der Waals surface area (Å²) in [6.07, 6.45) is 85.4. The summed E-state index contributed by atoms with van der Waals surface area (Å²) in [6.45, 7) is 3.52. The van der Waals surface area contributed by atoms with Gasteiger partial charge in [-0.1, -0.05) is 264 Å². The van der Waals surface area contributed by atoms with Crippen molar-refractivity contribution >= 4 is 19.8 Å². The molecule has 0 saturated heterocycles. The SMILES string of the molecule is CC/C=C\C/C=C\C/C=C\C/C=C\C/C=C\CCCCCCCCCCCCCCCCCC(=O)OC(COC(=O)CCCCCCCCCCC/C=C\C/C=C\C/C=C\C/C=C\C/C=C\CC)COP(=O)(O)OCCN. The molecule has 0 bridgehead atoms. The van der Waals surface area contributed by atoms with Gasteiger partial charge in [0.15, 0.2) is 6.10 Å². The van der Waals surface area contributed by atoms with Gasteiger partial charge in [0.25, 0.3) is 0 Å². The van der Waals surface area contributed by atoms with Crippen molar-refractivity contribution in [1.82, 2.24) is 0 Å². The number of ether oxygens (including phenoxy) is 2. The van der Waals surface area contributed by atoms with Crippen LogP contribution in [0.2, 0.25) is 0 Å². The second kappa shape index (κ2) is 61.6. The number of nitrogens with two attached hydrogens (primary N) is 1. The van der Waals surface area contributed by atoms with E-state index in [1.54, 1.807) is 0 Å². The van der Waals surface area contributed by atoms with E-state index in [0.717, 1.165) is 116 Å². The number of carbonyl (C=O) groups excluding carboxylic acids is 2. The molecule has 2 unspecified atom stereocenters. The molecule has 0 spiro atoms. The molecule has 0 radical (unpaired) electrons. The summed E-state index contributed by atoms with van der Waals surface area (Å²) >= 11 is 0. The zero-order valence-corrected chi connectivity index (χ0v) is 50.0. The van der Waals surface area contributed by atoms with Crippen LogP contribution in [0.3, 0.4) is 0 Å². The minimum atomic E-state index is -4.40. The fourth-order valence-electron chi connectivity index (χ4n) is 8.34. The topological polar surface area (TPSA) is 134 Å². The average Bonchev–Trinajstić information content (AvgIpc) is 3.42. The van der Waals surface area contributed by atoms with E-state index < -0.39 is 26.5 Å². The number of phosphoric acid groups is 1. The van der Waals surface area contributed by atoms with Crippen molar-refractivity contribution in [1.29, 1.82) is 0 Å². The third-order valence-corrected chi connectivity index (χ3v) is 13.8. The Bertz CT molecular complexity index is 1670. The van der Waals surface area contributed by atoms with Crippen LogP contribution in [0, 0.1) is 0 Å². The van der Waals surface area contributed by atoms with E-state index in [1.807, 2.05) is 0 Å². The Labute approximate surface area is 472 Å². The van der Waals surface area contributed by atoms with Crippen LogP contribution in [-0.2, 0) is 32.7 Å². The molecule has 0 aromatic carbocycles. The maximum atomic E-state index is 12.7. The molecule has 0 saturated carbocycles. The second-order valence-electron chi connectivity index (χ2n) is 20.2. The third kappa shape index (κ3) is 61.5. The first-order valence-electron chi connectivity index (χ1n) is 31.0. The Morgan fingerprint density at radius 2 is 0.675 bits per heavy atom. The normalized spacial score (nSPS) is 13.9. The van der Waals surface area contributed by atoms with Crippen LogP contribution in [0.25, 0.3) is 0 Å².